The maximum absolute atomic E-state index is 13.5. The van der Waals surface area contributed by atoms with Gasteiger partial charge in [-0.3, -0.25) is 9.59 Å². The molecule has 0 saturated carbocycles. The van der Waals surface area contributed by atoms with Crippen LogP contribution in [0.3, 0.4) is 0 Å². The number of hydrogen-bond acceptors (Lipinski definition) is 6. The molecule has 0 radical (unpaired) electrons. The molecule has 0 spiro atoms. The van der Waals surface area contributed by atoms with Crippen molar-refractivity contribution < 1.29 is 22.7 Å². The topological polar surface area (TPSA) is 123 Å². The molecule has 3 fully saturated rings. The summed E-state index contributed by atoms with van der Waals surface area (Å²) in [7, 11) is -2.14. The Bertz CT molecular complexity index is 1100. The van der Waals surface area contributed by atoms with Crippen molar-refractivity contribution in [3.8, 4) is 6.07 Å². The Morgan fingerprint density at radius 1 is 1.14 bits per heavy atom. The first-order valence-corrected chi connectivity index (χ1v) is 14.0. The highest BCUT2D eigenvalue weighted by atomic mass is 35.5. The van der Waals surface area contributed by atoms with E-state index in [0.29, 0.717) is 43.8 Å². The van der Waals surface area contributed by atoms with Crippen molar-refractivity contribution in [1.82, 2.24) is 18.8 Å². The number of nitrogens with one attached hydrogen (secondary N) is 1. The summed E-state index contributed by atoms with van der Waals surface area (Å²) in [6.07, 6.45) is 2.41. The number of amides is 2. The van der Waals surface area contributed by atoms with Gasteiger partial charge in [-0.05, 0) is 43.4 Å². The first kappa shape index (κ1) is 26.8. The summed E-state index contributed by atoms with van der Waals surface area (Å²) in [6, 6.07) is 8.25. The highest BCUT2D eigenvalue weighted by Crippen LogP contribution is 2.29. The summed E-state index contributed by atoms with van der Waals surface area (Å²) in [5.41, 5.74) is 0.850. The molecule has 1 N–H and O–H groups in total. The molecule has 3 heterocycles. The third kappa shape index (κ3) is 5.68. The van der Waals surface area contributed by atoms with Crippen molar-refractivity contribution in [2.75, 3.05) is 46.4 Å². The average Bonchev–Trinajstić information content (AvgIpc) is 3.33. The maximum Gasteiger partial charge on any atom is 0.282 e. The highest BCUT2D eigenvalue weighted by molar-refractivity contribution is 7.86. The summed E-state index contributed by atoms with van der Waals surface area (Å²) in [4.78, 5) is 28.4. The van der Waals surface area contributed by atoms with E-state index >= 15 is 0 Å². The predicted molar refractivity (Wildman–Crippen MR) is 133 cm³/mol. The van der Waals surface area contributed by atoms with E-state index in [1.807, 2.05) is 12.1 Å². The van der Waals surface area contributed by atoms with Crippen molar-refractivity contribution >= 4 is 33.6 Å². The molecular weight excluding hydrogens is 506 g/mol. The zero-order valence-corrected chi connectivity index (χ0v) is 21.9. The summed E-state index contributed by atoms with van der Waals surface area (Å²) >= 11 is 5.99. The minimum Gasteiger partial charge on any atom is -0.382 e. The molecule has 0 bridgehead atoms. The third-order valence-electron chi connectivity index (χ3n) is 7.18. The van der Waals surface area contributed by atoms with Crippen LogP contribution >= 0.6 is 11.6 Å². The van der Waals surface area contributed by atoms with E-state index in [9.17, 15) is 18.0 Å². The van der Waals surface area contributed by atoms with Gasteiger partial charge in [0.25, 0.3) is 10.2 Å². The zero-order valence-electron chi connectivity index (χ0n) is 20.3. The standard InChI is InChI=1S/C24H32ClN5O5S/c1-35-16-21(18-6-8-20(25)9-7-18)27-23(31)22-5-3-11-30(22)24(32)19-4-2-10-28(15-19)36(33,34)29-13-17(12-26)14-29/h6-9,17,19,21-22H,2-5,10-11,13-16H2,1H3,(H,27,31)/t19-,21-,22+/m0/s1. The lowest BCUT2D eigenvalue weighted by molar-refractivity contribution is -0.142. The highest BCUT2D eigenvalue weighted by Gasteiger charge is 2.44. The molecule has 36 heavy (non-hydrogen) atoms. The quantitative estimate of drug-likeness (QED) is 0.536. The van der Waals surface area contributed by atoms with Crippen LogP contribution in [0, 0.1) is 23.2 Å². The molecule has 12 heteroatoms. The number of rotatable bonds is 8. The van der Waals surface area contributed by atoms with E-state index < -0.39 is 22.2 Å². The molecule has 3 atom stereocenters. The number of benzene rings is 1. The van der Waals surface area contributed by atoms with E-state index in [2.05, 4.69) is 11.4 Å². The van der Waals surface area contributed by atoms with Crippen molar-refractivity contribution in [2.24, 2.45) is 11.8 Å². The fourth-order valence-electron chi connectivity index (χ4n) is 5.11. The van der Waals surface area contributed by atoms with Crippen LogP contribution in [0.15, 0.2) is 24.3 Å². The Kier molecular flexibility index (Phi) is 8.52. The van der Waals surface area contributed by atoms with Gasteiger partial charge in [-0.25, -0.2) is 0 Å². The molecule has 4 rings (SSSR count). The van der Waals surface area contributed by atoms with Crippen LogP contribution in [-0.2, 0) is 24.5 Å². The molecule has 0 unspecified atom stereocenters. The number of piperidine rings is 1. The van der Waals surface area contributed by atoms with Crippen LogP contribution in [0.25, 0.3) is 0 Å². The lowest BCUT2D eigenvalue weighted by atomic mass is 9.97. The molecule has 1 aromatic carbocycles. The number of nitrogens with zero attached hydrogens (tertiary/aromatic N) is 4. The number of ether oxygens (including phenoxy) is 1. The normalized spacial score (nSPS) is 24.6. The van der Waals surface area contributed by atoms with Gasteiger partial charge in [0.15, 0.2) is 0 Å². The van der Waals surface area contributed by atoms with Crippen LogP contribution in [0.1, 0.15) is 37.3 Å². The van der Waals surface area contributed by atoms with Gasteiger partial charge in [0.1, 0.15) is 6.04 Å². The van der Waals surface area contributed by atoms with E-state index in [-0.39, 0.29) is 50.0 Å². The first-order chi connectivity index (χ1) is 17.2. The Labute approximate surface area is 217 Å². The molecule has 3 aliphatic rings. The summed E-state index contributed by atoms with van der Waals surface area (Å²) in [5, 5.41) is 12.6. The Morgan fingerprint density at radius 3 is 2.50 bits per heavy atom. The third-order valence-corrected chi connectivity index (χ3v) is 9.36. The van der Waals surface area contributed by atoms with Gasteiger partial charge in [-0.1, -0.05) is 23.7 Å². The van der Waals surface area contributed by atoms with Crippen LogP contribution in [0.4, 0.5) is 0 Å². The molecule has 3 saturated heterocycles. The van der Waals surface area contributed by atoms with Crippen LogP contribution in [0.5, 0.6) is 0 Å². The number of methoxy groups -OCH3 is 1. The van der Waals surface area contributed by atoms with Gasteiger partial charge in [-0.2, -0.15) is 22.3 Å². The number of halogens is 1. The fraction of sp³-hybridized carbons (Fsp3) is 0.625. The number of nitriles is 1. The minimum atomic E-state index is -3.70. The average molecular weight is 538 g/mol. The smallest absolute Gasteiger partial charge is 0.282 e. The Hall–Kier alpha value is -2.23. The molecular formula is C24H32ClN5O5S. The van der Waals surface area contributed by atoms with Crippen LogP contribution < -0.4 is 5.32 Å². The summed E-state index contributed by atoms with van der Waals surface area (Å²) < 4.78 is 33.9. The van der Waals surface area contributed by atoms with E-state index in [1.54, 1.807) is 24.1 Å². The molecule has 196 valence electrons. The second-order valence-corrected chi connectivity index (χ2v) is 12.0. The fourth-order valence-corrected chi connectivity index (χ4v) is 7.03. The lowest BCUT2D eigenvalue weighted by Gasteiger charge is -2.41. The number of carbonyl (C=O) groups excluding carboxylic acids is 2. The lowest BCUT2D eigenvalue weighted by Crippen LogP contribution is -2.57. The molecule has 0 aromatic heterocycles. The Morgan fingerprint density at radius 2 is 1.83 bits per heavy atom. The van der Waals surface area contributed by atoms with Gasteiger partial charge in [0, 0.05) is 44.9 Å². The van der Waals surface area contributed by atoms with Gasteiger partial charge >= 0.3 is 0 Å². The predicted octanol–water partition coefficient (Wildman–Crippen LogP) is 1.55. The van der Waals surface area contributed by atoms with Gasteiger partial charge in [0.05, 0.1) is 30.6 Å². The van der Waals surface area contributed by atoms with E-state index in [4.69, 9.17) is 21.6 Å². The van der Waals surface area contributed by atoms with Crippen molar-refractivity contribution in [3.05, 3.63) is 34.9 Å². The molecule has 0 aliphatic carbocycles. The first-order valence-electron chi connectivity index (χ1n) is 12.2. The monoisotopic (exact) mass is 537 g/mol. The number of likely N-dealkylation sites (tertiary alicyclic amines) is 1. The van der Waals surface area contributed by atoms with Crippen molar-refractivity contribution in [2.45, 2.75) is 37.8 Å². The molecule has 2 amide bonds. The van der Waals surface area contributed by atoms with Gasteiger partial charge in [0.2, 0.25) is 11.8 Å². The SMILES string of the molecule is COC[C@H](NC(=O)[C@H]1CCCN1C(=O)[C@H]1CCCN(S(=O)(=O)N2CC(C#N)C2)C1)c1ccc(Cl)cc1. The zero-order chi connectivity index (χ0) is 25.9. The van der Waals surface area contributed by atoms with Gasteiger partial charge < -0.3 is 15.0 Å². The van der Waals surface area contributed by atoms with E-state index in [0.717, 1.165) is 5.56 Å². The summed E-state index contributed by atoms with van der Waals surface area (Å²) in [5.74, 6) is -1.20. The molecule has 10 nitrogen and oxygen atoms in total. The number of carbonyl (C=O) groups is 2. The summed E-state index contributed by atoms with van der Waals surface area (Å²) in [6.45, 7) is 1.57. The Balaban J connectivity index is 1.40. The van der Waals surface area contributed by atoms with Crippen molar-refractivity contribution in [1.29, 1.82) is 5.26 Å². The molecule has 1 aromatic rings. The number of hydrogen-bond donors (Lipinski definition) is 1. The second-order valence-electron chi connectivity index (χ2n) is 9.61. The van der Waals surface area contributed by atoms with Gasteiger partial charge in [-0.15, -0.1) is 0 Å². The van der Waals surface area contributed by atoms with Crippen LogP contribution in [0.2, 0.25) is 5.02 Å². The van der Waals surface area contributed by atoms with Crippen LogP contribution in [-0.4, -0.2) is 86.2 Å². The van der Waals surface area contributed by atoms with Crippen molar-refractivity contribution in [3.63, 3.8) is 0 Å². The largest absolute Gasteiger partial charge is 0.382 e. The van der Waals surface area contributed by atoms with E-state index in [1.165, 1.54) is 8.61 Å². The minimum absolute atomic E-state index is 0.0940. The maximum atomic E-state index is 13.5. The molecule has 3 aliphatic heterocycles. The second kappa shape index (κ2) is 11.4.